The maximum absolute atomic E-state index is 11.9. The van der Waals surface area contributed by atoms with Crippen molar-refractivity contribution >= 4 is 21.4 Å². The number of benzene rings is 2. The Hall–Kier alpha value is -2.80. The average molecular weight is 371 g/mol. The molecule has 0 unspecified atom stereocenters. The summed E-state index contributed by atoms with van der Waals surface area (Å²) in [5.41, 5.74) is 3.57. The molecule has 136 valence electrons. The highest BCUT2D eigenvalue weighted by Gasteiger charge is 2.15. The van der Waals surface area contributed by atoms with Crippen molar-refractivity contribution in [2.45, 2.75) is 25.6 Å². The molecule has 1 aromatic heterocycles. The summed E-state index contributed by atoms with van der Waals surface area (Å²) in [6, 6.07) is 17.0. The summed E-state index contributed by atoms with van der Waals surface area (Å²) in [4.78, 5) is 0. The zero-order chi connectivity index (χ0) is 18.6. The first kappa shape index (κ1) is 18.0. The number of nitrogens with one attached hydrogen (secondary N) is 2. The van der Waals surface area contributed by atoms with Crippen LogP contribution < -0.4 is 10.0 Å². The SMILES string of the molecule is CC(C)S(=O)(=O)Nc1ccc(CNc2ccc(-c3ccno3)cc2)cc1. The Morgan fingerprint density at radius 3 is 2.19 bits per heavy atom. The first-order valence-corrected chi connectivity index (χ1v) is 9.84. The van der Waals surface area contributed by atoms with Crippen molar-refractivity contribution in [2.24, 2.45) is 0 Å². The van der Waals surface area contributed by atoms with Crippen LogP contribution in [0.1, 0.15) is 19.4 Å². The van der Waals surface area contributed by atoms with Crippen LogP contribution in [-0.4, -0.2) is 18.8 Å². The molecule has 0 saturated carbocycles. The lowest BCUT2D eigenvalue weighted by Crippen LogP contribution is -2.22. The van der Waals surface area contributed by atoms with Gasteiger partial charge in [-0.3, -0.25) is 4.72 Å². The van der Waals surface area contributed by atoms with Crippen LogP contribution in [0.3, 0.4) is 0 Å². The van der Waals surface area contributed by atoms with Crippen LogP contribution in [-0.2, 0) is 16.6 Å². The van der Waals surface area contributed by atoms with E-state index in [2.05, 4.69) is 15.2 Å². The Kier molecular flexibility index (Phi) is 5.27. The molecule has 3 aromatic rings. The molecule has 0 saturated heterocycles. The van der Waals surface area contributed by atoms with Gasteiger partial charge in [-0.05, 0) is 55.8 Å². The van der Waals surface area contributed by atoms with Crippen molar-refractivity contribution in [2.75, 3.05) is 10.0 Å². The third-order valence-electron chi connectivity index (χ3n) is 3.94. The van der Waals surface area contributed by atoms with Gasteiger partial charge in [0.05, 0.1) is 11.4 Å². The zero-order valence-electron chi connectivity index (χ0n) is 14.6. The maximum atomic E-state index is 11.9. The molecule has 0 atom stereocenters. The maximum Gasteiger partial charge on any atom is 0.235 e. The Morgan fingerprint density at radius 2 is 1.62 bits per heavy atom. The van der Waals surface area contributed by atoms with Gasteiger partial charge in [0.1, 0.15) is 0 Å². The molecule has 0 aliphatic heterocycles. The lowest BCUT2D eigenvalue weighted by atomic mass is 10.1. The summed E-state index contributed by atoms with van der Waals surface area (Å²) in [5.74, 6) is 0.732. The Bertz CT molecular complexity index is 933. The molecule has 2 N–H and O–H groups in total. The lowest BCUT2D eigenvalue weighted by Gasteiger charge is -2.12. The van der Waals surface area contributed by atoms with Gasteiger partial charge in [0.25, 0.3) is 0 Å². The third kappa shape index (κ3) is 4.43. The molecule has 1 heterocycles. The van der Waals surface area contributed by atoms with Crippen LogP contribution in [0.5, 0.6) is 0 Å². The molecule has 0 spiro atoms. The first-order chi connectivity index (χ1) is 12.4. The van der Waals surface area contributed by atoms with Gasteiger partial charge in [-0.15, -0.1) is 0 Å². The molecule has 7 heteroatoms. The van der Waals surface area contributed by atoms with Crippen molar-refractivity contribution in [1.29, 1.82) is 0 Å². The summed E-state index contributed by atoms with van der Waals surface area (Å²) < 4.78 is 31.5. The Morgan fingerprint density at radius 1 is 0.962 bits per heavy atom. The van der Waals surface area contributed by atoms with Crippen LogP contribution in [0.25, 0.3) is 11.3 Å². The van der Waals surface area contributed by atoms with Crippen molar-refractivity contribution in [1.82, 2.24) is 5.16 Å². The standard InChI is InChI=1S/C19H21N3O3S/c1-14(2)26(23,24)22-18-7-3-15(4-8-18)13-20-17-9-5-16(6-10-17)19-11-12-21-25-19/h3-12,14,20,22H,13H2,1-2H3. The molecule has 0 aliphatic rings. The van der Waals surface area contributed by atoms with Gasteiger partial charge < -0.3 is 9.84 Å². The monoisotopic (exact) mass is 371 g/mol. The minimum Gasteiger partial charge on any atom is -0.381 e. The molecular formula is C19H21N3O3S. The van der Waals surface area contributed by atoms with E-state index in [0.29, 0.717) is 12.2 Å². The zero-order valence-corrected chi connectivity index (χ0v) is 15.5. The molecule has 6 nitrogen and oxygen atoms in total. The Balaban J connectivity index is 1.58. The second kappa shape index (κ2) is 7.61. The highest BCUT2D eigenvalue weighted by molar-refractivity contribution is 7.93. The van der Waals surface area contributed by atoms with Crippen molar-refractivity contribution in [3.63, 3.8) is 0 Å². The number of anilines is 2. The predicted molar refractivity (Wildman–Crippen MR) is 103 cm³/mol. The van der Waals surface area contributed by atoms with Crippen LogP contribution in [0, 0.1) is 0 Å². The van der Waals surface area contributed by atoms with E-state index in [1.807, 2.05) is 42.5 Å². The third-order valence-corrected chi connectivity index (χ3v) is 5.70. The fraction of sp³-hybridized carbons (Fsp3) is 0.211. The molecule has 2 aromatic carbocycles. The van der Waals surface area contributed by atoms with Crippen LogP contribution in [0.2, 0.25) is 0 Å². The van der Waals surface area contributed by atoms with Crippen LogP contribution >= 0.6 is 0 Å². The molecule has 0 fully saturated rings. The summed E-state index contributed by atoms with van der Waals surface area (Å²) in [7, 11) is -3.32. The highest BCUT2D eigenvalue weighted by Crippen LogP contribution is 2.21. The van der Waals surface area contributed by atoms with E-state index < -0.39 is 15.3 Å². The summed E-state index contributed by atoms with van der Waals surface area (Å²) in [6.07, 6.45) is 1.62. The minimum atomic E-state index is -3.32. The molecule has 3 rings (SSSR count). The molecule has 0 bridgehead atoms. The topological polar surface area (TPSA) is 84.2 Å². The predicted octanol–water partition coefficient (Wildman–Crippen LogP) is 4.10. The second-order valence-electron chi connectivity index (χ2n) is 6.20. The number of hydrogen-bond acceptors (Lipinski definition) is 5. The Labute approximate surface area is 153 Å². The second-order valence-corrected chi connectivity index (χ2v) is 8.44. The van der Waals surface area contributed by atoms with Gasteiger partial charge in [-0.1, -0.05) is 17.3 Å². The average Bonchev–Trinajstić information content (AvgIpc) is 3.16. The van der Waals surface area contributed by atoms with E-state index in [1.54, 1.807) is 32.2 Å². The normalized spacial score (nSPS) is 11.5. The minimum absolute atomic E-state index is 0.469. The summed E-state index contributed by atoms with van der Waals surface area (Å²) >= 11 is 0. The van der Waals surface area contributed by atoms with E-state index in [4.69, 9.17) is 4.52 Å². The van der Waals surface area contributed by atoms with Crippen LogP contribution in [0.4, 0.5) is 11.4 Å². The molecular weight excluding hydrogens is 350 g/mol. The molecule has 26 heavy (non-hydrogen) atoms. The highest BCUT2D eigenvalue weighted by atomic mass is 32.2. The van der Waals surface area contributed by atoms with Gasteiger partial charge in [-0.2, -0.15) is 0 Å². The number of sulfonamides is 1. The number of rotatable bonds is 7. The fourth-order valence-electron chi connectivity index (χ4n) is 2.29. The van der Waals surface area contributed by atoms with Gasteiger partial charge in [0.15, 0.2) is 5.76 Å². The molecule has 0 radical (unpaired) electrons. The van der Waals surface area contributed by atoms with Gasteiger partial charge >= 0.3 is 0 Å². The van der Waals surface area contributed by atoms with E-state index in [0.717, 1.165) is 22.6 Å². The fourth-order valence-corrected chi connectivity index (χ4v) is 2.99. The summed E-state index contributed by atoms with van der Waals surface area (Å²) in [6.45, 7) is 3.93. The van der Waals surface area contributed by atoms with Gasteiger partial charge in [0.2, 0.25) is 10.0 Å². The first-order valence-electron chi connectivity index (χ1n) is 8.29. The largest absolute Gasteiger partial charge is 0.381 e. The molecule has 0 amide bonds. The van der Waals surface area contributed by atoms with E-state index in [1.165, 1.54) is 0 Å². The van der Waals surface area contributed by atoms with Gasteiger partial charge in [0, 0.05) is 29.5 Å². The lowest BCUT2D eigenvalue weighted by molar-refractivity contribution is 0.432. The number of hydrogen-bond donors (Lipinski definition) is 2. The molecule has 0 aliphatic carbocycles. The quantitative estimate of drug-likeness (QED) is 0.653. The van der Waals surface area contributed by atoms with Crippen molar-refractivity contribution in [3.05, 3.63) is 66.4 Å². The smallest absolute Gasteiger partial charge is 0.235 e. The van der Waals surface area contributed by atoms with E-state index in [-0.39, 0.29) is 0 Å². The van der Waals surface area contributed by atoms with E-state index in [9.17, 15) is 8.42 Å². The summed E-state index contributed by atoms with van der Waals surface area (Å²) in [5, 5.41) is 6.57. The van der Waals surface area contributed by atoms with Gasteiger partial charge in [-0.25, -0.2) is 8.42 Å². The van der Waals surface area contributed by atoms with Crippen molar-refractivity contribution in [3.8, 4) is 11.3 Å². The van der Waals surface area contributed by atoms with Crippen molar-refractivity contribution < 1.29 is 12.9 Å². The van der Waals surface area contributed by atoms with Crippen LogP contribution in [0.15, 0.2) is 65.3 Å². The van der Waals surface area contributed by atoms with E-state index >= 15 is 0 Å². The number of nitrogens with zero attached hydrogens (tertiary/aromatic N) is 1. The number of aromatic nitrogens is 1.